The molecule has 24 heavy (non-hydrogen) atoms. The van der Waals surface area contributed by atoms with Crippen LogP contribution in [0.15, 0.2) is 23.1 Å². The molecule has 2 N–H and O–H groups in total. The minimum Gasteiger partial charge on any atom is -0.480 e. The minimum absolute atomic E-state index is 0.0519. The molecule has 0 spiro atoms. The summed E-state index contributed by atoms with van der Waals surface area (Å²) in [6.07, 6.45) is 1.58. The van der Waals surface area contributed by atoms with Gasteiger partial charge in [0.2, 0.25) is 0 Å². The quantitative estimate of drug-likeness (QED) is 0.688. The van der Waals surface area contributed by atoms with E-state index in [-0.39, 0.29) is 24.5 Å². The summed E-state index contributed by atoms with van der Waals surface area (Å²) in [5.41, 5.74) is 0.646. The number of carbonyl (C=O) groups excluding carboxylic acids is 1. The number of thioether (sulfide) groups is 1. The normalized spacial score (nSPS) is 19.8. The van der Waals surface area contributed by atoms with Gasteiger partial charge >= 0.3 is 5.97 Å². The molecule has 0 atom stereocenters. The number of benzene rings is 1. The molecule has 1 aromatic rings. The Morgan fingerprint density at radius 2 is 2.08 bits per heavy atom. The summed E-state index contributed by atoms with van der Waals surface area (Å²) in [6.45, 7) is 4.74. The summed E-state index contributed by atoms with van der Waals surface area (Å²) in [6, 6.07) is 5.63. The van der Waals surface area contributed by atoms with E-state index in [1.54, 1.807) is 23.9 Å². The standard InChI is InChI=1S/C17H23ClN2O3S/c1-3-20(10-16(21)22)13-8-12(9-13)19-17(23)14-6-5-11(18)7-15(14)24-4-2/h5-7,12-13H,3-4,8-10H2,1-2H3,(H,19,23)(H,21,22). The average molecular weight is 371 g/mol. The Bertz CT molecular complexity index is 605. The molecule has 1 aliphatic rings. The second-order valence-corrected chi connectivity index (χ2v) is 7.57. The highest BCUT2D eigenvalue weighted by Crippen LogP contribution is 2.29. The molecule has 1 saturated carbocycles. The number of amides is 1. The molecule has 5 nitrogen and oxygen atoms in total. The van der Waals surface area contributed by atoms with Crippen molar-refractivity contribution in [2.45, 2.75) is 43.7 Å². The molecule has 0 heterocycles. The van der Waals surface area contributed by atoms with Crippen LogP contribution in [0.4, 0.5) is 0 Å². The molecule has 0 bridgehead atoms. The zero-order chi connectivity index (χ0) is 17.7. The molecule has 1 aromatic carbocycles. The molecule has 132 valence electrons. The van der Waals surface area contributed by atoms with E-state index >= 15 is 0 Å². The molecule has 2 rings (SSSR count). The van der Waals surface area contributed by atoms with Gasteiger partial charge in [-0.05, 0) is 43.3 Å². The Morgan fingerprint density at radius 1 is 1.38 bits per heavy atom. The SMILES string of the molecule is CCSc1cc(Cl)ccc1C(=O)NC1CC(N(CC)CC(=O)O)C1. The fraction of sp³-hybridized carbons (Fsp3) is 0.529. The lowest BCUT2D eigenvalue weighted by atomic mass is 9.85. The van der Waals surface area contributed by atoms with Crippen molar-refractivity contribution in [2.24, 2.45) is 0 Å². The first-order valence-corrected chi connectivity index (χ1v) is 9.50. The van der Waals surface area contributed by atoms with Gasteiger partial charge in [-0.1, -0.05) is 25.4 Å². The number of nitrogens with one attached hydrogen (secondary N) is 1. The topological polar surface area (TPSA) is 69.6 Å². The highest BCUT2D eigenvalue weighted by molar-refractivity contribution is 7.99. The number of aliphatic carboxylic acids is 1. The molecular formula is C17H23ClN2O3S. The van der Waals surface area contributed by atoms with Gasteiger partial charge in [0.25, 0.3) is 5.91 Å². The third-order valence-electron chi connectivity index (χ3n) is 4.20. The predicted octanol–water partition coefficient (Wildman–Crippen LogP) is 3.12. The largest absolute Gasteiger partial charge is 0.480 e. The smallest absolute Gasteiger partial charge is 0.317 e. The van der Waals surface area contributed by atoms with Crippen LogP contribution in [0.2, 0.25) is 5.02 Å². The number of halogens is 1. The first-order valence-electron chi connectivity index (χ1n) is 8.13. The van der Waals surface area contributed by atoms with Crippen molar-refractivity contribution in [3.63, 3.8) is 0 Å². The van der Waals surface area contributed by atoms with E-state index in [1.807, 2.05) is 24.8 Å². The highest BCUT2D eigenvalue weighted by Gasteiger charge is 2.35. The van der Waals surface area contributed by atoms with E-state index in [1.165, 1.54) is 0 Å². The van der Waals surface area contributed by atoms with Gasteiger partial charge in [0.1, 0.15) is 0 Å². The number of hydrogen-bond donors (Lipinski definition) is 2. The van der Waals surface area contributed by atoms with Crippen molar-refractivity contribution in [1.29, 1.82) is 0 Å². The Kier molecular flexibility index (Phi) is 6.95. The lowest BCUT2D eigenvalue weighted by Gasteiger charge is -2.42. The van der Waals surface area contributed by atoms with Gasteiger partial charge in [0.05, 0.1) is 12.1 Å². The maximum Gasteiger partial charge on any atom is 0.317 e. The van der Waals surface area contributed by atoms with Crippen LogP contribution in [0.25, 0.3) is 0 Å². The van der Waals surface area contributed by atoms with Crippen molar-refractivity contribution in [3.8, 4) is 0 Å². The van der Waals surface area contributed by atoms with Crippen LogP contribution in [0.5, 0.6) is 0 Å². The van der Waals surface area contributed by atoms with Crippen molar-refractivity contribution >= 4 is 35.2 Å². The molecule has 1 fully saturated rings. The number of hydrogen-bond acceptors (Lipinski definition) is 4. The van der Waals surface area contributed by atoms with E-state index < -0.39 is 5.97 Å². The molecular weight excluding hydrogens is 348 g/mol. The minimum atomic E-state index is -0.813. The van der Waals surface area contributed by atoms with Crippen LogP contribution >= 0.6 is 23.4 Å². The molecule has 1 aliphatic carbocycles. The second-order valence-electron chi connectivity index (χ2n) is 5.83. The van der Waals surface area contributed by atoms with E-state index in [2.05, 4.69) is 5.32 Å². The van der Waals surface area contributed by atoms with Gasteiger partial charge in [0.15, 0.2) is 0 Å². The van der Waals surface area contributed by atoms with Crippen LogP contribution in [0.1, 0.15) is 37.0 Å². The summed E-state index contributed by atoms with van der Waals surface area (Å²) < 4.78 is 0. The van der Waals surface area contributed by atoms with Gasteiger partial charge in [-0.2, -0.15) is 0 Å². The van der Waals surface area contributed by atoms with Crippen molar-refractivity contribution < 1.29 is 14.7 Å². The molecule has 7 heteroatoms. The molecule has 1 amide bonds. The summed E-state index contributed by atoms with van der Waals surface area (Å²) in [4.78, 5) is 26.2. The van der Waals surface area contributed by atoms with Crippen molar-refractivity contribution in [1.82, 2.24) is 10.2 Å². The van der Waals surface area contributed by atoms with Crippen LogP contribution in [-0.4, -0.2) is 52.8 Å². The predicted molar refractivity (Wildman–Crippen MR) is 97.0 cm³/mol. The zero-order valence-corrected chi connectivity index (χ0v) is 15.5. The van der Waals surface area contributed by atoms with Crippen LogP contribution in [0, 0.1) is 0 Å². The molecule has 0 aromatic heterocycles. The van der Waals surface area contributed by atoms with E-state index in [4.69, 9.17) is 16.7 Å². The van der Waals surface area contributed by atoms with Gasteiger partial charge in [-0.3, -0.25) is 14.5 Å². The van der Waals surface area contributed by atoms with Gasteiger partial charge in [-0.15, -0.1) is 11.8 Å². The number of rotatable bonds is 8. The summed E-state index contributed by atoms with van der Waals surface area (Å²) in [5, 5.41) is 12.6. The Labute approximate surface area is 151 Å². The molecule has 0 radical (unpaired) electrons. The third-order valence-corrected chi connectivity index (χ3v) is 5.37. The van der Waals surface area contributed by atoms with E-state index in [0.717, 1.165) is 23.5 Å². The zero-order valence-electron chi connectivity index (χ0n) is 13.9. The molecule has 0 unspecified atom stereocenters. The van der Waals surface area contributed by atoms with Crippen LogP contribution in [-0.2, 0) is 4.79 Å². The maximum absolute atomic E-state index is 12.5. The monoisotopic (exact) mass is 370 g/mol. The fourth-order valence-electron chi connectivity index (χ4n) is 2.90. The number of likely N-dealkylation sites (N-methyl/N-ethyl adjacent to an activating group) is 1. The molecule has 0 aliphatic heterocycles. The highest BCUT2D eigenvalue weighted by atomic mass is 35.5. The van der Waals surface area contributed by atoms with Gasteiger partial charge < -0.3 is 10.4 Å². The van der Waals surface area contributed by atoms with Gasteiger partial charge in [0, 0.05) is 22.0 Å². The summed E-state index contributed by atoms with van der Waals surface area (Å²) in [7, 11) is 0. The number of nitrogens with zero attached hydrogens (tertiary/aromatic N) is 1. The first-order chi connectivity index (χ1) is 11.4. The van der Waals surface area contributed by atoms with Crippen molar-refractivity contribution in [2.75, 3.05) is 18.8 Å². The molecule has 0 saturated heterocycles. The second kappa shape index (κ2) is 8.74. The average Bonchev–Trinajstić information content (AvgIpc) is 2.48. The Morgan fingerprint density at radius 3 is 2.67 bits per heavy atom. The number of carbonyl (C=O) groups is 2. The summed E-state index contributed by atoms with van der Waals surface area (Å²) in [5.74, 6) is -0.0358. The summed E-state index contributed by atoms with van der Waals surface area (Å²) >= 11 is 7.61. The third kappa shape index (κ3) is 4.88. The Balaban J connectivity index is 1.92. The lowest BCUT2D eigenvalue weighted by Crippen LogP contribution is -2.54. The van der Waals surface area contributed by atoms with Crippen LogP contribution < -0.4 is 5.32 Å². The van der Waals surface area contributed by atoms with Crippen molar-refractivity contribution in [3.05, 3.63) is 28.8 Å². The first kappa shape index (κ1) is 19.1. The fourth-order valence-corrected chi connectivity index (χ4v) is 3.97. The van der Waals surface area contributed by atoms with E-state index in [0.29, 0.717) is 17.1 Å². The van der Waals surface area contributed by atoms with Gasteiger partial charge in [-0.25, -0.2) is 0 Å². The Hall–Kier alpha value is -1.24. The van der Waals surface area contributed by atoms with E-state index in [9.17, 15) is 9.59 Å². The number of carboxylic acid groups (broad SMARTS) is 1. The van der Waals surface area contributed by atoms with Crippen LogP contribution in [0.3, 0.4) is 0 Å². The number of carboxylic acids is 1. The maximum atomic E-state index is 12.5. The lowest BCUT2D eigenvalue weighted by molar-refractivity contribution is -0.139.